The third-order valence-corrected chi connectivity index (χ3v) is 6.10. The van der Waals surface area contributed by atoms with Gasteiger partial charge in [0.05, 0.1) is 11.5 Å². The number of fused-ring (bicyclic) bond motifs is 1. The summed E-state index contributed by atoms with van der Waals surface area (Å²) in [5.41, 5.74) is 1.30. The minimum Gasteiger partial charge on any atom is -0.506 e. The molecule has 2 nitrogen and oxygen atoms in total. The molecule has 1 fully saturated rings. The Morgan fingerprint density at radius 2 is 1.89 bits per heavy atom. The average Bonchev–Trinajstić information content (AvgIpc) is 3.00. The van der Waals surface area contributed by atoms with Gasteiger partial charge in [-0.05, 0) is 61.6 Å². The minimum absolute atomic E-state index is 0.0284. The third-order valence-electron chi connectivity index (χ3n) is 4.94. The molecule has 0 spiro atoms. The number of rotatable bonds is 5. The lowest BCUT2D eigenvalue weighted by Gasteiger charge is -2.19. The van der Waals surface area contributed by atoms with Crippen LogP contribution < -0.4 is 4.74 Å². The molecular weight excluding hydrogens is 385 g/mol. The predicted molar refractivity (Wildman–Crippen MR) is 106 cm³/mol. The molecule has 1 aliphatic carbocycles. The average molecular weight is 404 g/mol. The molecule has 4 rings (SSSR count). The van der Waals surface area contributed by atoms with Crippen molar-refractivity contribution in [3.63, 3.8) is 0 Å². The number of aliphatic hydroxyl groups is 1. The summed E-state index contributed by atoms with van der Waals surface area (Å²) < 4.78 is 49.1. The van der Waals surface area contributed by atoms with Crippen molar-refractivity contribution in [2.45, 2.75) is 32.6 Å². The van der Waals surface area contributed by atoms with Crippen molar-refractivity contribution in [1.82, 2.24) is 0 Å². The van der Waals surface area contributed by atoms with E-state index in [9.17, 15) is 18.3 Å². The van der Waals surface area contributed by atoms with Gasteiger partial charge in [0.25, 0.3) is 0 Å². The van der Waals surface area contributed by atoms with Crippen molar-refractivity contribution in [2.24, 2.45) is 0 Å². The van der Waals surface area contributed by atoms with Crippen LogP contribution in [-0.2, 0) is 0 Å². The van der Waals surface area contributed by atoms with Crippen molar-refractivity contribution >= 4 is 27.2 Å². The van der Waals surface area contributed by atoms with Crippen LogP contribution in [-0.4, -0.2) is 11.7 Å². The largest absolute Gasteiger partial charge is 0.506 e. The number of halogens is 3. The Morgan fingerprint density at radius 3 is 2.57 bits per heavy atom. The van der Waals surface area contributed by atoms with Gasteiger partial charge in [-0.1, -0.05) is 6.92 Å². The van der Waals surface area contributed by atoms with Crippen molar-refractivity contribution in [2.75, 3.05) is 6.61 Å². The number of allylic oxidation sites excluding steroid dienone is 1. The van der Waals surface area contributed by atoms with E-state index in [0.29, 0.717) is 26.9 Å². The molecule has 1 heterocycles. The normalized spacial score (nSPS) is 13.6. The van der Waals surface area contributed by atoms with Crippen LogP contribution in [0, 0.1) is 17.5 Å². The Bertz CT molecular complexity index is 1080. The van der Waals surface area contributed by atoms with Crippen molar-refractivity contribution in [3.8, 4) is 16.9 Å². The molecule has 6 heteroatoms. The zero-order valence-corrected chi connectivity index (χ0v) is 16.1. The van der Waals surface area contributed by atoms with Gasteiger partial charge in [0.2, 0.25) is 5.82 Å². The summed E-state index contributed by atoms with van der Waals surface area (Å²) >= 11 is 1.18. The van der Waals surface area contributed by atoms with E-state index in [1.54, 1.807) is 0 Å². The Morgan fingerprint density at radius 1 is 1.11 bits per heavy atom. The maximum Gasteiger partial charge on any atom is 0.201 e. The summed E-state index contributed by atoms with van der Waals surface area (Å²) in [6.45, 7) is 2.16. The Kier molecular flexibility index (Phi) is 5.06. The zero-order chi connectivity index (χ0) is 19.8. The highest BCUT2D eigenvalue weighted by Gasteiger charge is 2.26. The fourth-order valence-corrected chi connectivity index (χ4v) is 4.54. The van der Waals surface area contributed by atoms with E-state index in [-0.39, 0.29) is 23.7 Å². The summed E-state index contributed by atoms with van der Waals surface area (Å²) in [4.78, 5) is 0.441. The number of thiophene rings is 1. The highest BCUT2D eigenvalue weighted by Crippen LogP contribution is 2.46. The van der Waals surface area contributed by atoms with E-state index >= 15 is 0 Å². The lowest BCUT2D eigenvalue weighted by Crippen LogP contribution is -2.02. The zero-order valence-electron chi connectivity index (χ0n) is 15.3. The van der Waals surface area contributed by atoms with Gasteiger partial charge in [-0.25, -0.2) is 8.78 Å². The Labute approximate surface area is 164 Å². The fourth-order valence-electron chi connectivity index (χ4n) is 3.30. The molecule has 146 valence electrons. The van der Waals surface area contributed by atoms with Crippen molar-refractivity contribution in [1.29, 1.82) is 0 Å². The SMILES string of the molecule is CCCOc1ccc(-c2c(C(O)=C3CCC3)sc3cc(F)ccc23)c(F)c1F. The molecule has 28 heavy (non-hydrogen) atoms. The summed E-state index contributed by atoms with van der Waals surface area (Å²) in [5.74, 6) is -2.57. The second kappa shape index (κ2) is 7.51. The van der Waals surface area contributed by atoms with Crippen LogP contribution in [0.4, 0.5) is 13.2 Å². The maximum atomic E-state index is 15.0. The summed E-state index contributed by atoms with van der Waals surface area (Å²) in [5, 5.41) is 11.3. The molecule has 1 saturated carbocycles. The highest BCUT2D eigenvalue weighted by atomic mass is 32.1. The number of hydrogen-bond donors (Lipinski definition) is 1. The fraction of sp³-hybridized carbons (Fsp3) is 0.273. The van der Waals surface area contributed by atoms with Gasteiger partial charge in [-0.3, -0.25) is 0 Å². The first-order valence-corrected chi connectivity index (χ1v) is 10.1. The van der Waals surface area contributed by atoms with E-state index in [2.05, 4.69) is 0 Å². The molecular formula is C22H19F3O2S. The lowest BCUT2D eigenvalue weighted by atomic mass is 9.89. The number of benzene rings is 2. The van der Waals surface area contributed by atoms with Gasteiger partial charge in [-0.2, -0.15) is 4.39 Å². The molecule has 0 radical (unpaired) electrons. The van der Waals surface area contributed by atoms with Crippen LogP contribution in [0.15, 0.2) is 35.9 Å². The Balaban J connectivity index is 1.94. The maximum absolute atomic E-state index is 15.0. The second-order valence-corrected chi connectivity index (χ2v) is 7.89. The molecule has 2 aromatic carbocycles. The number of aliphatic hydroxyl groups excluding tert-OH is 1. The molecule has 1 aliphatic rings. The van der Waals surface area contributed by atoms with E-state index < -0.39 is 17.5 Å². The van der Waals surface area contributed by atoms with Crippen molar-refractivity contribution in [3.05, 3.63) is 58.2 Å². The minimum atomic E-state index is -1.06. The summed E-state index contributed by atoms with van der Waals surface area (Å²) in [7, 11) is 0. The van der Waals surface area contributed by atoms with E-state index in [0.717, 1.165) is 24.8 Å². The Hall–Kier alpha value is -2.47. The van der Waals surface area contributed by atoms with E-state index in [1.165, 1.54) is 41.7 Å². The van der Waals surface area contributed by atoms with Crippen molar-refractivity contribution < 1.29 is 23.0 Å². The standard InChI is InChI=1S/C22H19F3O2S/c1-2-10-27-16-9-8-15(19(24)20(16)25)18-14-7-6-13(23)11-17(14)28-22(18)21(26)12-4-3-5-12/h6-9,11,26H,2-5,10H2,1H3. The highest BCUT2D eigenvalue weighted by molar-refractivity contribution is 7.20. The smallest absolute Gasteiger partial charge is 0.201 e. The summed E-state index contributed by atoms with van der Waals surface area (Å²) in [6.07, 6.45) is 3.21. The van der Waals surface area contributed by atoms with Crippen LogP contribution in [0.3, 0.4) is 0 Å². The van der Waals surface area contributed by atoms with Crippen LogP contribution in [0.1, 0.15) is 37.5 Å². The third kappa shape index (κ3) is 3.15. The number of hydrogen-bond acceptors (Lipinski definition) is 3. The quantitative estimate of drug-likeness (QED) is 0.455. The van der Waals surface area contributed by atoms with Crippen LogP contribution >= 0.6 is 11.3 Å². The topological polar surface area (TPSA) is 29.5 Å². The van der Waals surface area contributed by atoms with Gasteiger partial charge in [0, 0.05) is 21.2 Å². The molecule has 3 aromatic rings. The molecule has 0 saturated heterocycles. The van der Waals surface area contributed by atoms with Crippen LogP contribution in [0.5, 0.6) is 5.75 Å². The van der Waals surface area contributed by atoms with Crippen LogP contribution in [0.25, 0.3) is 27.0 Å². The van der Waals surface area contributed by atoms with Gasteiger partial charge in [-0.15, -0.1) is 11.3 Å². The molecule has 0 aliphatic heterocycles. The van der Waals surface area contributed by atoms with E-state index in [1.807, 2.05) is 6.92 Å². The second-order valence-electron chi connectivity index (χ2n) is 6.84. The lowest BCUT2D eigenvalue weighted by molar-refractivity contribution is 0.295. The predicted octanol–water partition coefficient (Wildman–Crippen LogP) is 7.23. The molecule has 1 aromatic heterocycles. The number of ether oxygens (including phenoxy) is 1. The molecule has 0 unspecified atom stereocenters. The van der Waals surface area contributed by atoms with Gasteiger partial charge < -0.3 is 9.84 Å². The van der Waals surface area contributed by atoms with E-state index in [4.69, 9.17) is 4.74 Å². The summed E-state index contributed by atoms with van der Waals surface area (Å²) in [6, 6.07) is 7.02. The first kappa shape index (κ1) is 18.9. The molecule has 0 amide bonds. The molecule has 0 atom stereocenters. The van der Waals surface area contributed by atoms with Crippen LogP contribution in [0.2, 0.25) is 0 Å². The molecule has 0 bridgehead atoms. The first-order valence-electron chi connectivity index (χ1n) is 9.25. The van der Waals surface area contributed by atoms with Gasteiger partial charge in [0.1, 0.15) is 11.6 Å². The monoisotopic (exact) mass is 404 g/mol. The van der Waals surface area contributed by atoms with Gasteiger partial charge in [0.15, 0.2) is 11.6 Å². The first-order chi connectivity index (χ1) is 13.5. The van der Waals surface area contributed by atoms with Gasteiger partial charge >= 0.3 is 0 Å². The molecule has 1 N–H and O–H groups in total.